The van der Waals surface area contributed by atoms with Crippen LogP contribution in [0.5, 0.6) is 11.5 Å². The van der Waals surface area contributed by atoms with Gasteiger partial charge in [0.2, 0.25) is 0 Å². The summed E-state index contributed by atoms with van der Waals surface area (Å²) < 4.78 is 62.0. The van der Waals surface area contributed by atoms with E-state index in [0.29, 0.717) is 24.9 Å². The zero-order valence-electron chi connectivity index (χ0n) is 17.9. The topological polar surface area (TPSA) is 108 Å². The third-order valence-corrected chi connectivity index (χ3v) is 6.99. The molecule has 2 aromatic carbocycles. The molecule has 33 heavy (non-hydrogen) atoms. The van der Waals surface area contributed by atoms with Crippen molar-refractivity contribution in [2.24, 2.45) is 0 Å². The fraction of sp³-hybridized carbons (Fsp3) is 0.273. The van der Waals surface area contributed by atoms with E-state index in [1.54, 1.807) is 41.3 Å². The van der Waals surface area contributed by atoms with Gasteiger partial charge in [-0.05, 0) is 48.7 Å². The molecule has 1 fully saturated rings. The van der Waals surface area contributed by atoms with Crippen molar-refractivity contribution in [1.82, 2.24) is 14.9 Å². The molecule has 0 radical (unpaired) electrons. The molecule has 1 aliphatic rings. The first-order chi connectivity index (χ1) is 15.8. The molecular weight excluding hydrogens is 451 g/mol. The van der Waals surface area contributed by atoms with Gasteiger partial charge in [-0.25, -0.2) is 12.8 Å². The maximum atomic E-state index is 15.4. The van der Waals surface area contributed by atoms with E-state index >= 15 is 4.39 Å². The standard InChI is InChI=1S/C22H21FN4O5S/c1-30-16-5-3-6-17(31-2)20(16)33(28,29)26-21-19-15(22(23)7-8-22)11-14(12-18(19)32-25-21)13-27-10-4-9-24-27/h3-6,9-12H,7-8,13H2,1-2H3,(H,25,26). The summed E-state index contributed by atoms with van der Waals surface area (Å²) in [5, 5.41) is 8.39. The van der Waals surface area contributed by atoms with Crippen molar-refractivity contribution in [3.8, 4) is 11.5 Å². The van der Waals surface area contributed by atoms with Crippen LogP contribution in [0.3, 0.4) is 0 Å². The fourth-order valence-electron chi connectivity index (χ4n) is 3.86. The zero-order chi connectivity index (χ0) is 23.2. The number of ether oxygens (including phenoxy) is 2. The summed E-state index contributed by atoms with van der Waals surface area (Å²) in [5.41, 5.74) is -0.176. The van der Waals surface area contributed by atoms with E-state index in [1.165, 1.54) is 26.4 Å². The van der Waals surface area contributed by atoms with Crippen LogP contribution in [0.2, 0.25) is 0 Å². The van der Waals surface area contributed by atoms with E-state index < -0.39 is 15.7 Å². The van der Waals surface area contributed by atoms with Gasteiger partial charge < -0.3 is 14.0 Å². The van der Waals surface area contributed by atoms with Gasteiger partial charge in [-0.15, -0.1) is 0 Å². The minimum Gasteiger partial charge on any atom is -0.495 e. The Hall–Kier alpha value is -3.60. The lowest BCUT2D eigenvalue weighted by Crippen LogP contribution is -2.16. The number of sulfonamides is 1. The number of fused-ring (bicyclic) bond motifs is 1. The second-order valence-corrected chi connectivity index (χ2v) is 9.43. The molecule has 11 heteroatoms. The molecule has 0 saturated heterocycles. The Morgan fingerprint density at radius 3 is 2.52 bits per heavy atom. The summed E-state index contributed by atoms with van der Waals surface area (Å²) in [7, 11) is -1.49. The highest BCUT2D eigenvalue weighted by Gasteiger charge is 2.47. The van der Waals surface area contributed by atoms with Crippen LogP contribution in [0.15, 0.2) is 58.2 Å². The molecule has 0 bridgehead atoms. The molecule has 2 heterocycles. The second kappa shape index (κ2) is 7.77. The van der Waals surface area contributed by atoms with E-state index in [0.717, 1.165) is 5.56 Å². The number of nitrogens with zero attached hydrogens (tertiary/aromatic N) is 3. The van der Waals surface area contributed by atoms with Crippen molar-refractivity contribution in [1.29, 1.82) is 0 Å². The second-order valence-electron chi connectivity index (χ2n) is 7.81. The normalized spacial score (nSPS) is 14.9. The van der Waals surface area contributed by atoms with Crippen molar-refractivity contribution >= 4 is 26.8 Å². The van der Waals surface area contributed by atoms with Crippen molar-refractivity contribution in [2.75, 3.05) is 18.9 Å². The maximum Gasteiger partial charge on any atom is 0.270 e. The predicted octanol–water partition coefficient (Wildman–Crippen LogP) is 3.85. The van der Waals surface area contributed by atoms with Crippen molar-refractivity contribution < 1.29 is 26.8 Å². The lowest BCUT2D eigenvalue weighted by Gasteiger charge is -2.15. The highest BCUT2D eigenvalue weighted by atomic mass is 32.2. The van der Waals surface area contributed by atoms with Gasteiger partial charge in [0.1, 0.15) is 17.2 Å². The van der Waals surface area contributed by atoms with Crippen LogP contribution < -0.4 is 14.2 Å². The largest absolute Gasteiger partial charge is 0.495 e. The molecule has 2 aromatic heterocycles. The molecule has 5 rings (SSSR count). The highest BCUT2D eigenvalue weighted by molar-refractivity contribution is 7.93. The summed E-state index contributed by atoms with van der Waals surface area (Å²) >= 11 is 0. The zero-order valence-corrected chi connectivity index (χ0v) is 18.7. The van der Waals surface area contributed by atoms with Gasteiger partial charge in [0.25, 0.3) is 10.0 Å². The number of alkyl halides is 1. The molecule has 1 saturated carbocycles. The molecular formula is C22H21FN4O5S. The SMILES string of the molecule is COc1cccc(OC)c1S(=O)(=O)Nc1noc2cc(Cn3cccn3)cc(C3(F)CC3)c12. The van der Waals surface area contributed by atoms with E-state index in [-0.39, 0.29) is 33.2 Å². The van der Waals surface area contributed by atoms with Crippen molar-refractivity contribution in [3.63, 3.8) is 0 Å². The van der Waals surface area contributed by atoms with Crippen LogP contribution in [0.4, 0.5) is 10.2 Å². The number of hydrogen-bond acceptors (Lipinski definition) is 7. The Morgan fingerprint density at radius 1 is 1.18 bits per heavy atom. The number of halogens is 1. The van der Waals surface area contributed by atoms with Gasteiger partial charge in [-0.2, -0.15) is 5.10 Å². The molecule has 1 aliphatic carbocycles. The Labute approximate surface area is 189 Å². The minimum absolute atomic E-state index is 0.0949. The van der Waals surface area contributed by atoms with Crippen molar-refractivity contribution in [3.05, 3.63) is 59.9 Å². The summed E-state index contributed by atoms with van der Waals surface area (Å²) in [6.45, 7) is 0.409. The number of benzene rings is 2. The molecule has 172 valence electrons. The number of nitrogens with one attached hydrogen (secondary N) is 1. The lowest BCUT2D eigenvalue weighted by atomic mass is 10.0. The third kappa shape index (κ3) is 3.78. The lowest BCUT2D eigenvalue weighted by molar-refractivity contribution is 0.319. The first-order valence-corrected chi connectivity index (χ1v) is 11.7. The van der Waals surface area contributed by atoms with Crippen LogP contribution in [-0.2, 0) is 22.2 Å². The summed E-state index contributed by atoms with van der Waals surface area (Å²) in [4.78, 5) is -0.190. The van der Waals surface area contributed by atoms with Crippen LogP contribution in [0.25, 0.3) is 11.0 Å². The Morgan fingerprint density at radius 2 is 1.91 bits per heavy atom. The quantitative estimate of drug-likeness (QED) is 0.415. The maximum absolute atomic E-state index is 15.4. The predicted molar refractivity (Wildman–Crippen MR) is 118 cm³/mol. The highest BCUT2D eigenvalue weighted by Crippen LogP contribution is 2.53. The van der Waals surface area contributed by atoms with Gasteiger partial charge >= 0.3 is 0 Å². The summed E-state index contributed by atoms with van der Waals surface area (Å²) in [6.07, 6.45) is 4.13. The minimum atomic E-state index is -4.21. The third-order valence-electron chi connectivity index (χ3n) is 5.59. The van der Waals surface area contributed by atoms with E-state index in [9.17, 15) is 8.42 Å². The van der Waals surface area contributed by atoms with Gasteiger partial charge in [-0.3, -0.25) is 9.40 Å². The van der Waals surface area contributed by atoms with Gasteiger partial charge in [0, 0.05) is 18.0 Å². The van der Waals surface area contributed by atoms with E-state index in [1.807, 2.05) is 0 Å². The molecule has 0 amide bonds. The summed E-state index contributed by atoms with van der Waals surface area (Å²) in [6, 6.07) is 9.85. The first-order valence-electron chi connectivity index (χ1n) is 10.2. The fourth-order valence-corrected chi connectivity index (χ4v) is 5.19. The van der Waals surface area contributed by atoms with Gasteiger partial charge in [0.15, 0.2) is 16.3 Å². The number of aromatic nitrogens is 3. The van der Waals surface area contributed by atoms with Gasteiger partial charge in [0.05, 0.1) is 26.2 Å². The summed E-state index contributed by atoms with van der Waals surface area (Å²) in [5.74, 6) is 0.101. The molecule has 9 nitrogen and oxygen atoms in total. The Kier molecular flexibility index (Phi) is 5.00. The monoisotopic (exact) mass is 472 g/mol. The van der Waals surface area contributed by atoms with Crippen LogP contribution >= 0.6 is 0 Å². The Bertz CT molecular complexity index is 1410. The van der Waals surface area contributed by atoms with Crippen LogP contribution in [0.1, 0.15) is 24.0 Å². The molecule has 0 unspecified atom stereocenters. The smallest absolute Gasteiger partial charge is 0.270 e. The molecule has 0 spiro atoms. The molecule has 0 aliphatic heterocycles. The molecule has 4 aromatic rings. The number of methoxy groups -OCH3 is 2. The number of anilines is 1. The van der Waals surface area contributed by atoms with Crippen LogP contribution in [-0.4, -0.2) is 37.6 Å². The molecule has 0 atom stereocenters. The molecule has 1 N–H and O–H groups in total. The van der Waals surface area contributed by atoms with Crippen LogP contribution in [0, 0.1) is 0 Å². The number of rotatable bonds is 8. The Balaban J connectivity index is 1.60. The van der Waals surface area contributed by atoms with E-state index in [2.05, 4.69) is 15.0 Å². The first kappa shape index (κ1) is 21.3. The van der Waals surface area contributed by atoms with E-state index in [4.69, 9.17) is 14.0 Å². The van der Waals surface area contributed by atoms with Crippen molar-refractivity contribution in [2.45, 2.75) is 30.0 Å². The van der Waals surface area contributed by atoms with Gasteiger partial charge in [-0.1, -0.05) is 11.2 Å². The number of hydrogen-bond donors (Lipinski definition) is 1. The average molecular weight is 472 g/mol. The average Bonchev–Trinajstić information content (AvgIpc) is 3.17.